The van der Waals surface area contributed by atoms with E-state index in [-0.39, 0.29) is 0 Å². The molecular formula is C20H22O2Si2. The molecule has 2 nitrogen and oxygen atoms in total. The molecule has 4 rings (SSSR count). The number of benzene rings is 4. The van der Waals surface area contributed by atoms with Gasteiger partial charge in [0.25, 0.3) is 0 Å². The van der Waals surface area contributed by atoms with Crippen molar-refractivity contribution in [2.24, 2.45) is 0 Å². The molecule has 24 heavy (non-hydrogen) atoms. The van der Waals surface area contributed by atoms with Gasteiger partial charge in [-0.15, -0.1) is 0 Å². The van der Waals surface area contributed by atoms with E-state index >= 15 is 0 Å². The van der Waals surface area contributed by atoms with Crippen molar-refractivity contribution >= 4 is 59.3 Å². The standard InChI is InChI=1S/C20H22O2Si2/c1-23(2,21)17-11-7-13-6-10-16-18(24(3,4)22)12-8-14-5-9-15(17)19(13)20(14)16/h5-12,21-22H,1-4H3. The minimum absolute atomic E-state index is 1.08. The average molecular weight is 351 g/mol. The van der Waals surface area contributed by atoms with Crippen molar-refractivity contribution in [1.29, 1.82) is 0 Å². The molecule has 2 N–H and O–H groups in total. The molecule has 4 aromatic carbocycles. The molecule has 122 valence electrons. The van der Waals surface area contributed by atoms with Crippen molar-refractivity contribution in [3.05, 3.63) is 48.5 Å². The fourth-order valence-corrected chi connectivity index (χ4v) is 6.59. The highest BCUT2D eigenvalue weighted by Gasteiger charge is 2.26. The van der Waals surface area contributed by atoms with Crippen LogP contribution in [-0.2, 0) is 0 Å². The maximum absolute atomic E-state index is 10.7. The fourth-order valence-electron chi connectivity index (χ4n) is 3.87. The first-order valence-electron chi connectivity index (χ1n) is 8.34. The zero-order chi connectivity index (χ0) is 17.3. The van der Waals surface area contributed by atoms with Gasteiger partial charge in [0, 0.05) is 0 Å². The second-order valence-corrected chi connectivity index (χ2v) is 15.1. The van der Waals surface area contributed by atoms with E-state index in [2.05, 4.69) is 48.5 Å². The summed E-state index contributed by atoms with van der Waals surface area (Å²) in [4.78, 5) is 21.4. The van der Waals surface area contributed by atoms with Crippen LogP contribution < -0.4 is 10.4 Å². The molecule has 0 saturated heterocycles. The first-order valence-corrected chi connectivity index (χ1v) is 14.2. The number of hydrogen-bond acceptors (Lipinski definition) is 2. The number of hydrogen-bond donors (Lipinski definition) is 2. The Morgan fingerprint density at radius 1 is 0.542 bits per heavy atom. The average Bonchev–Trinajstić information content (AvgIpc) is 2.50. The van der Waals surface area contributed by atoms with Gasteiger partial charge >= 0.3 is 0 Å². The molecule has 0 spiro atoms. The predicted molar refractivity (Wildman–Crippen MR) is 109 cm³/mol. The van der Waals surface area contributed by atoms with E-state index < -0.39 is 16.6 Å². The molecular weight excluding hydrogens is 328 g/mol. The van der Waals surface area contributed by atoms with Crippen molar-refractivity contribution < 1.29 is 9.59 Å². The van der Waals surface area contributed by atoms with E-state index in [1.54, 1.807) is 0 Å². The van der Waals surface area contributed by atoms with Crippen LogP contribution in [0.25, 0.3) is 32.3 Å². The van der Waals surface area contributed by atoms with Gasteiger partial charge in [0.2, 0.25) is 16.6 Å². The molecule has 0 amide bonds. The van der Waals surface area contributed by atoms with Crippen LogP contribution >= 0.6 is 0 Å². The van der Waals surface area contributed by atoms with Gasteiger partial charge in [-0.25, -0.2) is 0 Å². The highest BCUT2D eigenvalue weighted by atomic mass is 28.4. The summed E-state index contributed by atoms with van der Waals surface area (Å²) in [6, 6.07) is 17.0. The molecule has 0 unspecified atom stereocenters. The van der Waals surface area contributed by atoms with E-state index in [4.69, 9.17) is 0 Å². The molecule has 0 fully saturated rings. The summed E-state index contributed by atoms with van der Waals surface area (Å²) in [5, 5.41) is 9.29. The Labute approximate surface area is 144 Å². The van der Waals surface area contributed by atoms with Gasteiger partial charge in [0.05, 0.1) is 0 Å². The minimum atomic E-state index is -2.42. The van der Waals surface area contributed by atoms with Crippen LogP contribution in [0.3, 0.4) is 0 Å². The third-order valence-electron chi connectivity index (χ3n) is 4.98. The molecule has 0 atom stereocenters. The predicted octanol–water partition coefficient (Wildman–Crippen LogP) is 3.39. The quantitative estimate of drug-likeness (QED) is 0.430. The van der Waals surface area contributed by atoms with Crippen molar-refractivity contribution in [3.63, 3.8) is 0 Å². The second kappa shape index (κ2) is 4.89. The SMILES string of the molecule is C[Si](C)(O)c1ccc2ccc3c([Si](C)(C)O)ccc4ccc1c2c43. The topological polar surface area (TPSA) is 40.5 Å². The highest BCUT2D eigenvalue weighted by Crippen LogP contribution is 2.34. The van der Waals surface area contributed by atoms with Crippen molar-refractivity contribution in [3.8, 4) is 0 Å². The lowest BCUT2D eigenvalue weighted by Gasteiger charge is -2.22. The molecule has 0 heterocycles. The summed E-state index contributed by atoms with van der Waals surface area (Å²) in [5.41, 5.74) is 0. The summed E-state index contributed by atoms with van der Waals surface area (Å²) in [6.45, 7) is 7.87. The van der Waals surface area contributed by atoms with Gasteiger partial charge in [-0.05, 0) is 68.9 Å². The molecule has 4 heteroatoms. The smallest absolute Gasteiger partial charge is 0.214 e. The highest BCUT2D eigenvalue weighted by molar-refractivity contribution is 6.86. The Morgan fingerprint density at radius 2 is 0.875 bits per heavy atom. The molecule has 4 aromatic rings. The van der Waals surface area contributed by atoms with E-state index in [9.17, 15) is 9.59 Å². The van der Waals surface area contributed by atoms with Gasteiger partial charge in [0.15, 0.2) is 0 Å². The molecule has 0 saturated carbocycles. The molecule has 0 bridgehead atoms. The van der Waals surface area contributed by atoms with Crippen molar-refractivity contribution in [2.45, 2.75) is 26.2 Å². The molecule has 0 aromatic heterocycles. The Hall–Kier alpha value is -1.73. The van der Waals surface area contributed by atoms with E-state index in [0.717, 1.165) is 21.1 Å². The Kier molecular flexibility index (Phi) is 3.22. The summed E-state index contributed by atoms with van der Waals surface area (Å²) >= 11 is 0. The van der Waals surface area contributed by atoms with Crippen LogP contribution in [0, 0.1) is 0 Å². The molecule has 0 radical (unpaired) electrons. The molecule has 0 aliphatic carbocycles. The summed E-state index contributed by atoms with van der Waals surface area (Å²) < 4.78 is 0. The zero-order valence-corrected chi connectivity index (χ0v) is 16.5. The summed E-state index contributed by atoms with van der Waals surface area (Å²) in [5.74, 6) is 0. The first kappa shape index (κ1) is 15.8. The van der Waals surface area contributed by atoms with E-state index in [1.807, 2.05) is 26.2 Å². The van der Waals surface area contributed by atoms with Gasteiger partial charge < -0.3 is 9.59 Å². The normalized spacial score (nSPS) is 13.4. The van der Waals surface area contributed by atoms with Gasteiger partial charge in [0.1, 0.15) is 0 Å². The first-order chi connectivity index (χ1) is 11.2. The zero-order valence-electron chi connectivity index (χ0n) is 14.5. The van der Waals surface area contributed by atoms with Crippen LogP contribution in [0.4, 0.5) is 0 Å². The second-order valence-electron chi connectivity index (χ2n) is 7.77. The van der Waals surface area contributed by atoms with Gasteiger partial charge in [-0.3, -0.25) is 0 Å². The number of rotatable bonds is 2. The van der Waals surface area contributed by atoms with Crippen LogP contribution in [0.2, 0.25) is 26.2 Å². The van der Waals surface area contributed by atoms with Gasteiger partial charge in [-0.1, -0.05) is 48.5 Å². The van der Waals surface area contributed by atoms with Gasteiger partial charge in [-0.2, -0.15) is 0 Å². The van der Waals surface area contributed by atoms with Crippen molar-refractivity contribution in [1.82, 2.24) is 0 Å². The van der Waals surface area contributed by atoms with Crippen LogP contribution in [-0.4, -0.2) is 26.2 Å². The Bertz CT molecular complexity index is 985. The molecule has 0 aliphatic rings. The van der Waals surface area contributed by atoms with E-state index in [0.29, 0.717) is 0 Å². The third-order valence-corrected chi connectivity index (χ3v) is 8.49. The minimum Gasteiger partial charge on any atom is -0.428 e. The Balaban J connectivity index is 2.26. The third kappa shape index (κ3) is 2.22. The molecule has 0 aliphatic heterocycles. The van der Waals surface area contributed by atoms with Crippen LogP contribution in [0.5, 0.6) is 0 Å². The van der Waals surface area contributed by atoms with Crippen LogP contribution in [0.15, 0.2) is 48.5 Å². The van der Waals surface area contributed by atoms with Crippen LogP contribution in [0.1, 0.15) is 0 Å². The maximum Gasteiger partial charge on any atom is 0.214 e. The fraction of sp³-hybridized carbons (Fsp3) is 0.200. The van der Waals surface area contributed by atoms with Crippen molar-refractivity contribution in [2.75, 3.05) is 0 Å². The lowest BCUT2D eigenvalue weighted by Crippen LogP contribution is -2.42. The lowest BCUT2D eigenvalue weighted by molar-refractivity contribution is 0.568. The Morgan fingerprint density at radius 3 is 1.21 bits per heavy atom. The summed E-state index contributed by atoms with van der Waals surface area (Å²) in [7, 11) is -4.83. The summed E-state index contributed by atoms with van der Waals surface area (Å²) in [6.07, 6.45) is 0. The maximum atomic E-state index is 10.7. The largest absolute Gasteiger partial charge is 0.428 e. The van der Waals surface area contributed by atoms with E-state index in [1.165, 1.54) is 21.5 Å². The monoisotopic (exact) mass is 350 g/mol. The lowest BCUT2D eigenvalue weighted by atomic mass is 9.94.